The quantitative estimate of drug-likeness (QED) is 0.624. The van der Waals surface area contributed by atoms with E-state index in [1.165, 1.54) is 25.6 Å². The van der Waals surface area contributed by atoms with Gasteiger partial charge >= 0.3 is 0 Å². The second kappa shape index (κ2) is 5.11. The van der Waals surface area contributed by atoms with Gasteiger partial charge in [-0.05, 0) is 6.42 Å². The molecular formula is C10H14N4S. The van der Waals surface area contributed by atoms with E-state index >= 15 is 0 Å². The molecule has 0 fully saturated rings. The highest BCUT2D eigenvalue weighted by Gasteiger charge is 2.02. The fraction of sp³-hybridized carbons (Fsp3) is 0.500. The first-order chi connectivity index (χ1) is 7.40. The summed E-state index contributed by atoms with van der Waals surface area (Å²) in [5.74, 6) is 1.11. The van der Waals surface area contributed by atoms with E-state index in [1.807, 2.05) is 0 Å². The van der Waals surface area contributed by atoms with Crippen LogP contribution in [0.4, 0.5) is 0 Å². The minimum atomic E-state index is 0.822. The number of imidazole rings is 1. The average Bonchev–Trinajstić information content (AvgIpc) is 2.67. The van der Waals surface area contributed by atoms with Crippen LogP contribution in [0, 0.1) is 0 Å². The lowest BCUT2D eigenvalue weighted by molar-refractivity contribution is 0.777. The van der Waals surface area contributed by atoms with Crippen LogP contribution in [-0.4, -0.2) is 25.7 Å². The van der Waals surface area contributed by atoms with Crippen molar-refractivity contribution < 1.29 is 0 Å². The maximum Gasteiger partial charge on any atom is 0.167 e. The molecule has 0 unspecified atom stereocenters. The average molecular weight is 222 g/mol. The van der Waals surface area contributed by atoms with Gasteiger partial charge in [0.25, 0.3) is 0 Å². The fourth-order valence-corrected chi connectivity index (χ4v) is 2.20. The number of fused-ring (bicyclic) bond motifs is 1. The molecule has 2 aromatic heterocycles. The van der Waals surface area contributed by atoms with Crippen molar-refractivity contribution in [3.8, 4) is 0 Å². The normalized spacial score (nSPS) is 11.0. The molecule has 2 aromatic rings. The Hall–Kier alpha value is -1.10. The Morgan fingerprint density at radius 3 is 3.13 bits per heavy atom. The topological polar surface area (TPSA) is 54.5 Å². The molecule has 2 heterocycles. The van der Waals surface area contributed by atoms with E-state index in [1.54, 1.807) is 18.0 Å². The van der Waals surface area contributed by atoms with E-state index < -0.39 is 0 Å². The summed E-state index contributed by atoms with van der Waals surface area (Å²) in [6.07, 6.45) is 7.05. The van der Waals surface area contributed by atoms with E-state index in [9.17, 15) is 0 Å². The fourth-order valence-electron chi connectivity index (χ4n) is 1.33. The number of aromatic amines is 1. The first-order valence-corrected chi connectivity index (χ1v) is 6.17. The maximum absolute atomic E-state index is 4.39. The number of rotatable bonds is 5. The van der Waals surface area contributed by atoms with Crippen LogP contribution in [0.15, 0.2) is 17.7 Å². The zero-order chi connectivity index (χ0) is 10.5. The van der Waals surface area contributed by atoms with Gasteiger partial charge in [-0.1, -0.05) is 31.5 Å². The minimum absolute atomic E-state index is 0.822. The summed E-state index contributed by atoms with van der Waals surface area (Å²) in [7, 11) is 0. The van der Waals surface area contributed by atoms with Crippen molar-refractivity contribution >= 4 is 22.9 Å². The molecule has 5 heteroatoms. The molecule has 0 bridgehead atoms. The summed E-state index contributed by atoms with van der Waals surface area (Å²) in [5, 5.41) is 0.946. The minimum Gasteiger partial charge on any atom is -0.317 e. The lowest BCUT2D eigenvalue weighted by Crippen LogP contribution is -1.81. The first-order valence-electron chi connectivity index (χ1n) is 5.18. The van der Waals surface area contributed by atoms with Gasteiger partial charge in [0.2, 0.25) is 0 Å². The summed E-state index contributed by atoms with van der Waals surface area (Å²) >= 11 is 1.75. The van der Waals surface area contributed by atoms with Gasteiger partial charge in [-0.25, -0.2) is 15.0 Å². The molecule has 0 atom stereocenters. The number of unbranched alkanes of at least 4 members (excludes halogenated alkanes) is 2. The summed E-state index contributed by atoms with van der Waals surface area (Å²) in [6, 6.07) is 0. The molecule has 0 spiro atoms. The predicted octanol–water partition coefficient (Wildman–Crippen LogP) is 2.64. The maximum atomic E-state index is 4.39. The van der Waals surface area contributed by atoms with E-state index in [0.29, 0.717) is 0 Å². The van der Waals surface area contributed by atoms with Crippen molar-refractivity contribution in [3.05, 3.63) is 12.5 Å². The number of aromatic nitrogens is 4. The predicted molar refractivity (Wildman–Crippen MR) is 61.9 cm³/mol. The van der Waals surface area contributed by atoms with Gasteiger partial charge in [-0.2, -0.15) is 0 Å². The Kier molecular flexibility index (Phi) is 3.55. The first kappa shape index (κ1) is 10.4. The van der Waals surface area contributed by atoms with Gasteiger partial charge in [0, 0.05) is 5.75 Å². The second-order valence-corrected chi connectivity index (χ2v) is 4.44. The monoisotopic (exact) mass is 222 g/mol. The van der Waals surface area contributed by atoms with Gasteiger partial charge in [0.1, 0.15) is 11.8 Å². The largest absolute Gasteiger partial charge is 0.317 e. The van der Waals surface area contributed by atoms with Crippen LogP contribution in [0.1, 0.15) is 26.2 Å². The Balaban J connectivity index is 1.97. The van der Waals surface area contributed by atoms with Crippen LogP contribution in [0.3, 0.4) is 0 Å². The highest BCUT2D eigenvalue weighted by atomic mass is 32.2. The number of hydrogen-bond donors (Lipinski definition) is 1. The van der Waals surface area contributed by atoms with Crippen molar-refractivity contribution in [2.75, 3.05) is 5.75 Å². The van der Waals surface area contributed by atoms with Crippen LogP contribution < -0.4 is 0 Å². The Bertz CT molecular complexity index is 393. The third-order valence-electron chi connectivity index (χ3n) is 2.13. The molecule has 0 saturated carbocycles. The molecule has 0 aliphatic heterocycles. The van der Waals surface area contributed by atoms with Crippen LogP contribution >= 0.6 is 11.8 Å². The second-order valence-electron chi connectivity index (χ2n) is 3.35. The number of H-pyrrole nitrogens is 1. The molecule has 0 aliphatic rings. The van der Waals surface area contributed by atoms with E-state index in [0.717, 1.165) is 22.1 Å². The van der Waals surface area contributed by atoms with E-state index in [2.05, 4.69) is 26.9 Å². The molecule has 0 aromatic carbocycles. The van der Waals surface area contributed by atoms with Crippen LogP contribution in [0.5, 0.6) is 0 Å². The number of hydrogen-bond acceptors (Lipinski definition) is 4. The highest BCUT2D eigenvalue weighted by molar-refractivity contribution is 7.99. The summed E-state index contributed by atoms with van der Waals surface area (Å²) in [6.45, 7) is 2.21. The van der Waals surface area contributed by atoms with Crippen molar-refractivity contribution in [3.63, 3.8) is 0 Å². The molecule has 0 saturated heterocycles. The Morgan fingerprint density at radius 2 is 2.33 bits per heavy atom. The molecule has 0 radical (unpaired) electrons. The number of nitrogens with one attached hydrogen (secondary N) is 1. The standard InChI is InChI=1S/C10H14N4S/c1-2-3-4-5-15-10-13-8-6-11-7-12-9(8)14-10/h6-7H,2-5H2,1H3,(H,11,12,13,14). The molecule has 0 amide bonds. The molecule has 80 valence electrons. The smallest absolute Gasteiger partial charge is 0.167 e. The van der Waals surface area contributed by atoms with Crippen LogP contribution in [-0.2, 0) is 0 Å². The zero-order valence-corrected chi connectivity index (χ0v) is 9.55. The lowest BCUT2D eigenvalue weighted by atomic mass is 10.3. The lowest BCUT2D eigenvalue weighted by Gasteiger charge is -1.95. The zero-order valence-electron chi connectivity index (χ0n) is 8.73. The van der Waals surface area contributed by atoms with Crippen molar-refractivity contribution in [2.45, 2.75) is 31.3 Å². The van der Waals surface area contributed by atoms with Crippen molar-refractivity contribution in [1.82, 2.24) is 19.9 Å². The van der Waals surface area contributed by atoms with E-state index in [4.69, 9.17) is 0 Å². The Morgan fingerprint density at radius 1 is 1.40 bits per heavy atom. The molecular weight excluding hydrogens is 208 g/mol. The van der Waals surface area contributed by atoms with Crippen LogP contribution in [0.25, 0.3) is 11.2 Å². The van der Waals surface area contributed by atoms with E-state index in [-0.39, 0.29) is 0 Å². The summed E-state index contributed by atoms with van der Waals surface area (Å²) < 4.78 is 0. The number of thioether (sulfide) groups is 1. The molecule has 2 rings (SSSR count). The molecule has 15 heavy (non-hydrogen) atoms. The summed E-state index contributed by atoms with van der Waals surface area (Å²) in [4.78, 5) is 15.6. The van der Waals surface area contributed by atoms with Gasteiger partial charge in [0.05, 0.1) is 6.20 Å². The molecule has 1 N–H and O–H groups in total. The number of nitrogens with zero attached hydrogens (tertiary/aromatic N) is 3. The highest BCUT2D eigenvalue weighted by Crippen LogP contribution is 2.18. The van der Waals surface area contributed by atoms with Gasteiger partial charge < -0.3 is 4.98 Å². The molecule has 0 aliphatic carbocycles. The van der Waals surface area contributed by atoms with Crippen molar-refractivity contribution in [2.24, 2.45) is 0 Å². The SMILES string of the molecule is CCCCCSc1nc2cncnc2[nH]1. The van der Waals surface area contributed by atoms with Crippen molar-refractivity contribution in [1.29, 1.82) is 0 Å². The summed E-state index contributed by atoms with van der Waals surface area (Å²) in [5.41, 5.74) is 1.67. The van der Waals surface area contributed by atoms with Gasteiger partial charge in [0.15, 0.2) is 10.8 Å². The van der Waals surface area contributed by atoms with Crippen LogP contribution in [0.2, 0.25) is 0 Å². The Labute approximate surface area is 92.9 Å². The molecule has 4 nitrogen and oxygen atoms in total. The third kappa shape index (κ3) is 2.68. The van der Waals surface area contributed by atoms with Gasteiger partial charge in [-0.15, -0.1) is 0 Å². The van der Waals surface area contributed by atoms with Gasteiger partial charge in [-0.3, -0.25) is 0 Å². The third-order valence-corrected chi connectivity index (χ3v) is 3.09.